The molecule has 0 heterocycles. The van der Waals surface area contributed by atoms with Gasteiger partial charge in [0, 0.05) is 10.1 Å². The summed E-state index contributed by atoms with van der Waals surface area (Å²) in [6, 6.07) is 5.50. The van der Waals surface area contributed by atoms with Gasteiger partial charge in [0.1, 0.15) is 0 Å². The van der Waals surface area contributed by atoms with Crippen LogP contribution in [-0.2, 0) is 5.41 Å². The van der Waals surface area contributed by atoms with E-state index in [2.05, 4.69) is 46.1 Å². The van der Waals surface area contributed by atoms with Crippen LogP contribution in [0.25, 0.3) is 6.08 Å². The Kier molecular flexibility index (Phi) is 3.65. The highest BCUT2D eigenvalue weighted by Gasteiger charge is 2.34. The normalized spacial score (nSPS) is 12.4. The molecule has 0 saturated heterocycles. The number of rotatable bonds is 3. The third kappa shape index (κ3) is 2.51. The second-order valence-corrected chi connectivity index (χ2v) is 5.91. The van der Waals surface area contributed by atoms with E-state index >= 15 is 0 Å². The predicted octanol–water partition coefficient (Wildman–Crippen LogP) is 4.92. The summed E-state index contributed by atoms with van der Waals surface area (Å²) in [5, 5.41) is 0. The maximum absolute atomic E-state index is 12.3. The molecule has 0 unspecified atom stereocenters. The molecule has 0 atom stereocenters. The van der Waals surface area contributed by atoms with E-state index in [0.717, 1.165) is 5.56 Å². The number of benzene rings is 1. The summed E-state index contributed by atoms with van der Waals surface area (Å²) in [5.41, 5.74) is 1.94. The van der Waals surface area contributed by atoms with E-state index in [1.54, 1.807) is 12.1 Å². The van der Waals surface area contributed by atoms with Crippen molar-refractivity contribution in [3.05, 3.63) is 35.9 Å². The molecule has 1 aromatic rings. The van der Waals surface area contributed by atoms with Crippen LogP contribution in [0.15, 0.2) is 24.8 Å². The molecule has 0 bridgehead atoms. The molecule has 0 spiro atoms. The van der Waals surface area contributed by atoms with Gasteiger partial charge in [-0.25, -0.2) is 0 Å². The van der Waals surface area contributed by atoms with E-state index in [-0.39, 0.29) is 16.6 Å². The first-order valence-electron chi connectivity index (χ1n) is 5.79. The van der Waals surface area contributed by atoms with E-state index in [0.29, 0.717) is 5.56 Å². The van der Waals surface area contributed by atoms with Crippen LogP contribution in [0.1, 0.15) is 45.7 Å². The highest BCUT2D eigenvalue weighted by atomic mass is 19.3. The number of hydrogen-bond donors (Lipinski definition) is 0. The Balaban J connectivity index is 3.30. The third-order valence-electron chi connectivity index (χ3n) is 3.91. The Morgan fingerprint density at radius 3 is 2.18 bits per heavy atom. The van der Waals surface area contributed by atoms with Crippen LogP contribution in [0.5, 0.6) is 5.75 Å². The van der Waals surface area contributed by atoms with Crippen molar-refractivity contribution in [1.82, 2.24) is 0 Å². The summed E-state index contributed by atoms with van der Waals surface area (Å²) in [7, 11) is 0. The summed E-state index contributed by atoms with van der Waals surface area (Å²) in [6.45, 7) is 14.6. The van der Waals surface area contributed by atoms with Crippen molar-refractivity contribution in [3.63, 3.8) is 0 Å². The molecule has 17 heavy (non-hydrogen) atoms. The molecule has 94 valence electrons. The molecule has 0 N–H and O–H groups in total. The molecule has 0 amide bonds. The maximum atomic E-state index is 12.3. The van der Waals surface area contributed by atoms with Crippen LogP contribution in [0.3, 0.4) is 0 Å². The van der Waals surface area contributed by atoms with Gasteiger partial charge < -0.3 is 0 Å². The third-order valence-corrected chi connectivity index (χ3v) is 3.91. The van der Waals surface area contributed by atoms with Gasteiger partial charge >= 0.3 is 0 Å². The Labute approximate surface area is 103 Å². The standard InChI is InChI=1S/C15H21FO/c1-7-11-10-12(8-9-13(11)17-16)15(5,6)14(2,3)4/h7-10H,1H2,2-6H3. The summed E-state index contributed by atoms with van der Waals surface area (Å²) >= 11 is 0. The second kappa shape index (κ2) is 4.52. The Morgan fingerprint density at radius 2 is 1.76 bits per heavy atom. The lowest BCUT2D eigenvalue weighted by molar-refractivity contribution is -0.00651. The average molecular weight is 236 g/mol. The molecule has 0 fully saturated rings. The molecule has 0 aromatic heterocycles. The minimum absolute atomic E-state index is 0.0143. The molecule has 0 aliphatic rings. The van der Waals surface area contributed by atoms with E-state index in [1.165, 1.54) is 0 Å². The van der Waals surface area contributed by atoms with Crippen molar-refractivity contribution in [2.24, 2.45) is 5.41 Å². The topological polar surface area (TPSA) is 9.23 Å². The van der Waals surface area contributed by atoms with Gasteiger partial charge in [-0.15, -0.1) is 0 Å². The average Bonchev–Trinajstić information content (AvgIpc) is 2.26. The predicted molar refractivity (Wildman–Crippen MR) is 70.8 cm³/mol. The Morgan fingerprint density at radius 1 is 1.18 bits per heavy atom. The zero-order valence-electron chi connectivity index (χ0n) is 11.3. The minimum atomic E-state index is -0.0143. The molecule has 1 rings (SSSR count). The van der Waals surface area contributed by atoms with Gasteiger partial charge in [-0.3, -0.25) is 4.94 Å². The van der Waals surface area contributed by atoms with Gasteiger partial charge in [0.15, 0.2) is 5.75 Å². The molecular formula is C15H21FO. The van der Waals surface area contributed by atoms with Crippen molar-refractivity contribution in [2.75, 3.05) is 0 Å². The Bertz CT molecular complexity index is 413. The van der Waals surface area contributed by atoms with Crippen molar-refractivity contribution in [2.45, 2.75) is 40.0 Å². The molecule has 2 heteroatoms. The highest BCUT2D eigenvalue weighted by molar-refractivity contribution is 5.57. The first kappa shape index (κ1) is 13.8. The second-order valence-electron chi connectivity index (χ2n) is 5.91. The minimum Gasteiger partial charge on any atom is -0.294 e. The quantitative estimate of drug-likeness (QED) is 0.724. The first-order chi connectivity index (χ1) is 7.74. The monoisotopic (exact) mass is 236 g/mol. The van der Waals surface area contributed by atoms with Crippen LogP contribution in [0.2, 0.25) is 0 Å². The maximum Gasteiger partial charge on any atom is 0.179 e. The fraction of sp³-hybridized carbons (Fsp3) is 0.467. The molecule has 1 aromatic carbocycles. The lowest BCUT2D eigenvalue weighted by atomic mass is 9.65. The Hall–Kier alpha value is -1.31. The summed E-state index contributed by atoms with van der Waals surface area (Å²) in [4.78, 5) is 3.82. The molecule has 0 aliphatic carbocycles. The van der Waals surface area contributed by atoms with Crippen molar-refractivity contribution < 1.29 is 9.47 Å². The fourth-order valence-corrected chi connectivity index (χ4v) is 1.60. The summed E-state index contributed by atoms with van der Waals surface area (Å²) in [5.74, 6) is 0.216. The molecular weight excluding hydrogens is 215 g/mol. The van der Waals surface area contributed by atoms with E-state index < -0.39 is 0 Å². The van der Waals surface area contributed by atoms with Gasteiger partial charge in [0.25, 0.3) is 0 Å². The number of hydrogen-bond acceptors (Lipinski definition) is 1. The van der Waals surface area contributed by atoms with Crippen molar-refractivity contribution in [3.8, 4) is 5.75 Å². The zero-order chi connectivity index (χ0) is 13.3. The largest absolute Gasteiger partial charge is 0.294 e. The molecule has 0 aliphatic heterocycles. The van der Waals surface area contributed by atoms with Crippen molar-refractivity contribution >= 4 is 6.08 Å². The summed E-state index contributed by atoms with van der Waals surface area (Å²) < 4.78 is 12.3. The SMILES string of the molecule is C=Cc1cc(C(C)(C)C(C)(C)C)ccc1OF. The van der Waals surface area contributed by atoms with Crippen LogP contribution in [-0.4, -0.2) is 0 Å². The summed E-state index contributed by atoms with van der Waals surface area (Å²) in [6.07, 6.45) is 1.61. The molecule has 1 nitrogen and oxygen atoms in total. The van der Waals surface area contributed by atoms with Gasteiger partial charge in [-0.2, -0.15) is 0 Å². The van der Waals surface area contributed by atoms with Crippen molar-refractivity contribution in [1.29, 1.82) is 0 Å². The van der Waals surface area contributed by atoms with E-state index in [1.807, 2.05) is 12.1 Å². The van der Waals surface area contributed by atoms with E-state index in [9.17, 15) is 4.53 Å². The fourth-order valence-electron chi connectivity index (χ4n) is 1.60. The van der Waals surface area contributed by atoms with Crippen LogP contribution < -0.4 is 4.94 Å². The molecule has 0 saturated carbocycles. The lowest BCUT2D eigenvalue weighted by Gasteiger charge is -2.39. The lowest BCUT2D eigenvalue weighted by Crippen LogP contribution is -2.33. The van der Waals surface area contributed by atoms with E-state index in [4.69, 9.17) is 0 Å². The molecule has 0 radical (unpaired) electrons. The smallest absolute Gasteiger partial charge is 0.179 e. The number of halogens is 1. The van der Waals surface area contributed by atoms with Gasteiger partial charge in [-0.1, -0.05) is 53.3 Å². The van der Waals surface area contributed by atoms with Gasteiger partial charge in [0.05, 0.1) is 0 Å². The first-order valence-corrected chi connectivity index (χ1v) is 5.79. The highest BCUT2D eigenvalue weighted by Crippen LogP contribution is 2.42. The zero-order valence-corrected chi connectivity index (χ0v) is 11.3. The van der Waals surface area contributed by atoms with Crippen LogP contribution in [0, 0.1) is 5.41 Å². The van der Waals surface area contributed by atoms with Crippen LogP contribution in [0.4, 0.5) is 4.53 Å². The van der Waals surface area contributed by atoms with Crippen LogP contribution >= 0.6 is 0 Å². The van der Waals surface area contributed by atoms with Gasteiger partial charge in [-0.05, 0) is 28.5 Å². The van der Waals surface area contributed by atoms with Gasteiger partial charge in [0.2, 0.25) is 0 Å².